The van der Waals surface area contributed by atoms with Gasteiger partial charge in [0.15, 0.2) is 5.82 Å². The molecule has 1 spiro atoms. The van der Waals surface area contributed by atoms with Crippen LogP contribution in [0.1, 0.15) is 22.3 Å². The third-order valence-corrected chi connectivity index (χ3v) is 11.4. The first-order chi connectivity index (χ1) is 24.3. The number of pyridine rings is 1. The molecule has 49 heavy (non-hydrogen) atoms. The average Bonchev–Trinajstić information content (AvgIpc) is 3.69. The quantitative estimate of drug-likeness (QED) is 0.188. The summed E-state index contributed by atoms with van der Waals surface area (Å²) < 4.78 is 8.96. The molecular weight excluding hydrogens is 619 g/mol. The van der Waals surface area contributed by atoms with Crippen molar-refractivity contribution < 1.29 is 4.74 Å². The van der Waals surface area contributed by atoms with Crippen LogP contribution in [0.3, 0.4) is 0 Å². The summed E-state index contributed by atoms with van der Waals surface area (Å²) in [6.07, 6.45) is 1.85. The number of ether oxygens (including phenoxy) is 1. The van der Waals surface area contributed by atoms with Gasteiger partial charge in [-0.25, -0.2) is 9.97 Å². The van der Waals surface area contributed by atoms with Gasteiger partial charge in [0.2, 0.25) is 0 Å². The molecule has 0 saturated carbocycles. The third kappa shape index (κ3) is 3.60. The number of thiophene rings is 1. The van der Waals surface area contributed by atoms with E-state index in [0.29, 0.717) is 5.82 Å². The molecule has 2 aliphatic rings. The van der Waals surface area contributed by atoms with E-state index in [2.05, 4.69) is 133 Å². The van der Waals surface area contributed by atoms with Crippen molar-refractivity contribution in [2.75, 3.05) is 0 Å². The summed E-state index contributed by atoms with van der Waals surface area (Å²) in [5, 5.41) is 3.26. The van der Waals surface area contributed by atoms with E-state index in [1.54, 1.807) is 11.3 Å². The number of fused-ring (bicyclic) bond motifs is 13. The molecule has 0 radical (unpaired) electrons. The zero-order valence-corrected chi connectivity index (χ0v) is 26.9. The van der Waals surface area contributed by atoms with Crippen LogP contribution in [-0.2, 0) is 5.41 Å². The predicted octanol–water partition coefficient (Wildman–Crippen LogP) is 11.2. The molecule has 6 aromatic carbocycles. The predicted molar refractivity (Wildman–Crippen MR) is 198 cm³/mol. The van der Waals surface area contributed by atoms with Crippen LogP contribution in [0.15, 0.2) is 152 Å². The topological polar surface area (TPSA) is 47.9 Å². The summed E-state index contributed by atoms with van der Waals surface area (Å²) in [6, 6.07) is 51.6. The Labute approximate surface area is 286 Å². The minimum absolute atomic E-state index is 0.556. The van der Waals surface area contributed by atoms with Gasteiger partial charge in [0, 0.05) is 38.4 Å². The van der Waals surface area contributed by atoms with Crippen LogP contribution < -0.4 is 4.74 Å². The van der Waals surface area contributed by atoms with Crippen molar-refractivity contribution in [3.05, 3.63) is 174 Å². The van der Waals surface area contributed by atoms with E-state index >= 15 is 0 Å². The van der Waals surface area contributed by atoms with Crippen molar-refractivity contribution >= 4 is 42.4 Å². The Kier molecular flexibility index (Phi) is 5.44. The molecule has 9 aromatic rings. The van der Waals surface area contributed by atoms with Gasteiger partial charge in [-0.3, -0.25) is 4.98 Å². The van der Waals surface area contributed by atoms with Gasteiger partial charge in [-0.05, 0) is 64.0 Å². The van der Waals surface area contributed by atoms with Gasteiger partial charge >= 0.3 is 0 Å². The first-order valence-corrected chi connectivity index (χ1v) is 17.3. The first kappa shape index (κ1) is 26.9. The Bertz CT molecular complexity index is 2790. The maximum Gasteiger partial charge on any atom is 0.180 e. The molecule has 4 nitrogen and oxygen atoms in total. The van der Waals surface area contributed by atoms with Gasteiger partial charge in [0.25, 0.3) is 0 Å². The minimum atomic E-state index is -0.556. The van der Waals surface area contributed by atoms with Crippen LogP contribution in [0.25, 0.3) is 65.0 Å². The lowest BCUT2D eigenvalue weighted by Gasteiger charge is -2.39. The van der Waals surface area contributed by atoms with Gasteiger partial charge in [-0.15, -0.1) is 11.3 Å². The van der Waals surface area contributed by atoms with Crippen LogP contribution in [-0.4, -0.2) is 15.0 Å². The highest BCUT2D eigenvalue weighted by Gasteiger charge is 2.51. The second-order valence-corrected chi connectivity index (χ2v) is 13.8. The number of aromatic nitrogens is 3. The SMILES string of the molecule is c1ccc2c(c1)Oc1ccc(-c3nc(-c4nccc5ccccc45)nc4c3sc3ccccc34)cc1C21c2ccccc2-c2ccccc21. The van der Waals surface area contributed by atoms with Crippen molar-refractivity contribution in [3.8, 4) is 45.4 Å². The highest BCUT2D eigenvalue weighted by Crippen LogP contribution is 2.62. The van der Waals surface area contributed by atoms with E-state index in [4.69, 9.17) is 19.7 Å². The molecule has 0 saturated heterocycles. The smallest absolute Gasteiger partial charge is 0.180 e. The van der Waals surface area contributed by atoms with E-state index in [0.717, 1.165) is 66.0 Å². The van der Waals surface area contributed by atoms with E-state index in [1.165, 1.54) is 27.0 Å². The highest BCUT2D eigenvalue weighted by atomic mass is 32.1. The van der Waals surface area contributed by atoms with Crippen LogP contribution >= 0.6 is 11.3 Å². The summed E-state index contributed by atoms with van der Waals surface area (Å²) >= 11 is 1.74. The van der Waals surface area contributed by atoms with E-state index in [-0.39, 0.29) is 0 Å². The maximum absolute atomic E-state index is 6.72. The van der Waals surface area contributed by atoms with E-state index in [9.17, 15) is 0 Å². The maximum atomic E-state index is 6.72. The molecule has 1 aliphatic carbocycles. The lowest BCUT2D eigenvalue weighted by Crippen LogP contribution is -2.32. The van der Waals surface area contributed by atoms with E-state index in [1.807, 2.05) is 18.3 Å². The Morgan fingerprint density at radius 2 is 1.20 bits per heavy atom. The zero-order valence-electron chi connectivity index (χ0n) is 26.1. The van der Waals surface area contributed by atoms with Crippen molar-refractivity contribution in [1.82, 2.24) is 15.0 Å². The Morgan fingerprint density at radius 1 is 0.531 bits per heavy atom. The van der Waals surface area contributed by atoms with Crippen LogP contribution in [0.5, 0.6) is 11.5 Å². The lowest BCUT2D eigenvalue weighted by atomic mass is 9.66. The van der Waals surface area contributed by atoms with Crippen molar-refractivity contribution in [3.63, 3.8) is 0 Å². The molecule has 0 N–H and O–H groups in total. The van der Waals surface area contributed by atoms with Crippen LogP contribution in [0, 0.1) is 0 Å². The summed E-state index contributed by atoms with van der Waals surface area (Å²) in [5.41, 5.74) is 10.4. The Morgan fingerprint density at radius 3 is 2.04 bits per heavy atom. The zero-order chi connectivity index (χ0) is 32.1. The second kappa shape index (κ2) is 9.92. The van der Waals surface area contributed by atoms with Gasteiger partial charge in [-0.2, -0.15) is 0 Å². The summed E-state index contributed by atoms with van der Waals surface area (Å²) in [6.45, 7) is 0. The van der Waals surface area contributed by atoms with E-state index < -0.39 is 5.41 Å². The molecule has 0 amide bonds. The Hall–Kier alpha value is -6.17. The lowest BCUT2D eigenvalue weighted by molar-refractivity contribution is 0.436. The summed E-state index contributed by atoms with van der Waals surface area (Å²) in [5.74, 6) is 2.35. The van der Waals surface area contributed by atoms with Crippen molar-refractivity contribution in [2.24, 2.45) is 0 Å². The molecule has 3 aromatic heterocycles. The van der Waals surface area contributed by atoms with Gasteiger partial charge in [0.1, 0.15) is 17.2 Å². The summed E-state index contributed by atoms with van der Waals surface area (Å²) in [4.78, 5) is 15.5. The Balaban J connectivity index is 1.24. The van der Waals surface area contributed by atoms with Gasteiger partial charge < -0.3 is 4.74 Å². The molecule has 1 aliphatic heterocycles. The number of rotatable bonds is 2. The monoisotopic (exact) mass is 643 g/mol. The molecule has 11 rings (SSSR count). The van der Waals surface area contributed by atoms with Crippen LogP contribution in [0.4, 0.5) is 0 Å². The minimum Gasteiger partial charge on any atom is -0.457 e. The molecule has 0 bridgehead atoms. The fraction of sp³-hybridized carbons (Fsp3) is 0.0227. The van der Waals surface area contributed by atoms with Crippen molar-refractivity contribution in [1.29, 1.82) is 0 Å². The average molecular weight is 644 g/mol. The summed E-state index contributed by atoms with van der Waals surface area (Å²) in [7, 11) is 0. The standard InChI is InChI=1S/C44H25N3OS/c1-2-12-28-26(11-1)23-24-45-41(28)43-46-39(42-40(47-43)31-15-5-10-20-38(31)49-42)27-21-22-37-35(25-27)44(34-18-8-9-19-36(34)48-37)32-16-6-3-13-29(32)30-14-4-7-17-33(30)44/h1-25H. The normalized spacial score (nSPS) is 13.6. The van der Waals surface area contributed by atoms with Gasteiger partial charge in [0.05, 0.1) is 21.3 Å². The fourth-order valence-corrected chi connectivity index (χ4v) is 9.35. The largest absolute Gasteiger partial charge is 0.457 e. The third-order valence-electron chi connectivity index (χ3n) is 10.2. The van der Waals surface area contributed by atoms with Gasteiger partial charge in [-0.1, -0.05) is 109 Å². The van der Waals surface area contributed by atoms with Crippen molar-refractivity contribution in [2.45, 2.75) is 5.41 Å². The number of nitrogens with zero attached hydrogens (tertiary/aromatic N) is 3. The molecule has 5 heteroatoms. The number of hydrogen-bond acceptors (Lipinski definition) is 5. The fourth-order valence-electron chi connectivity index (χ4n) is 8.19. The number of para-hydroxylation sites is 1. The molecule has 228 valence electrons. The molecule has 0 atom stereocenters. The number of hydrogen-bond donors (Lipinski definition) is 0. The molecule has 0 unspecified atom stereocenters. The van der Waals surface area contributed by atoms with Crippen LogP contribution in [0.2, 0.25) is 0 Å². The molecule has 0 fully saturated rings. The molecular formula is C44H25N3OS. The highest BCUT2D eigenvalue weighted by molar-refractivity contribution is 7.26. The second-order valence-electron chi connectivity index (χ2n) is 12.7. The molecule has 4 heterocycles. The number of benzene rings is 6. The first-order valence-electron chi connectivity index (χ1n) is 16.4.